The fourth-order valence-corrected chi connectivity index (χ4v) is 3.65. The molecule has 3 aliphatic rings. The van der Waals surface area contributed by atoms with Gasteiger partial charge in [0, 0.05) is 5.33 Å². The molecule has 1 aliphatic heterocycles. The molecule has 2 bridgehead atoms. The van der Waals surface area contributed by atoms with Gasteiger partial charge < -0.3 is 4.74 Å². The van der Waals surface area contributed by atoms with Crippen LogP contribution in [0.3, 0.4) is 0 Å². The molecule has 2 aliphatic carbocycles. The van der Waals surface area contributed by atoms with Crippen LogP contribution in [0.5, 0.6) is 0 Å². The summed E-state index contributed by atoms with van der Waals surface area (Å²) in [5, 5.41) is 1.20. The molecule has 3 rings (SSSR count). The van der Waals surface area contributed by atoms with Gasteiger partial charge >= 0.3 is 0 Å². The number of epoxide rings is 1. The Morgan fingerprint density at radius 3 is 2.80 bits per heavy atom. The predicted octanol–water partition coefficient (Wildman–Crippen LogP) is 1.80. The maximum absolute atomic E-state index is 5.55. The molecule has 0 aromatic carbocycles. The molecule has 5 atom stereocenters. The zero-order chi connectivity index (χ0) is 6.72. The molecule has 0 aromatic rings. The Kier molecular flexibility index (Phi) is 1.07. The van der Waals surface area contributed by atoms with Crippen LogP contribution in [0.2, 0.25) is 0 Å². The van der Waals surface area contributed by atoms with Crippen molar-refractivity contribution in [3.05, 3.63) is 0 Å². The first-order valence-corrected chi connectivity index (χ1v) is 5.23. The molecular formula is C8H11BrO. The van der Waals surface area contributed by atoms with Gasteiger partial charge in [0.15, 0.2) is 0 Å². The number of rotatable bonds is 1. The molecule has 0 N–H and O–H groups in total. The summed E-state index contributed by atoms with van der Waals surface area (Å²) in [4.78, 5) is 0. The summed E-state index contributed by atoms with van der Waals surface area (Å²) < 4.78 is 5.55. The monoisotopic (exact) mass is 202 g/mol. The predicted molar refractivity (Wildman–Crippen MR) is 42.2 cm³/mol. The van der Waals surface area contributed by atoms with Gasteiger partial charge in [-0.05, 0) is 30.6 Å². The maximum Gasteiger partial charge on any atom is 0.0875 e. The van der Waals surface area contributed by atoms with Gasteiger partial charge in [0.1, 0.15) is 0 Å². The van der Waals surface area contributed by atoms with Crippen molar-refractivity contribution in [2.45, 2.75) is 25.0 Å². The van der Waals surface area contributed by atoms with E-state index in [9.17, 15) is 0 Å². The van der Waals surface area contributed by atoms with Gasteiger partial charge in [0.25, 0.3) is 0 Å². The molecular weight excluding hydrogens is 192 g/mol. The Labute approximate surface area is 69.3 Å². The zero-order valence-corrected chi connectivity index (χ0v) is 7.38. The Hall–Kier alpha value is 0.440. The highest BCUT2D eigenvalue weighted by atomic mass is 79.9. The van der Waals surface area contributed by atoms with Gasteiger partial charge in [0.2, 0.25) is 0 Å². The number of ether oxygens (including phenoxy) is 1. The average molecular weight is 203 g/mol. The van der Waals surface area contributed by atoms with Crippen molar-refractivity contribution in [2.75, 3.05) is 5.33 Å². The molecule has 0 radical (unpaired) electrons. The molecule has 5 unspecified atom stereocenters. The number of fused-ring (bicyclic) bond motifs is 5. The first kappa shape index (κ1) is 6.01. The van der Waals surface area contributed by atoms with Crippen molar-refractivity contribution < 1.29 is 4.74 Å². The molecule has 0 aromatic heterocycles. The average Bonchev–Trinajstić information content (AvgIpc) is 2.58. The lowest BCUT2D eigenvalue weighted by atomic mass is 9.91. The van der Waals surface area contributed by atoms with Crippen molar-refractivity contribution in [3.8, 4) is 0 Å². The van der Waals surface area contributed by atoms with E-state index in [-0.39, 0.29) is 0 Å². The summed E-state index contributed by atoms with van der Waals surface area (Å²) in [5.74, 6) is 2.81. The Morgan fingerprint density at radius 1 is 1.30 bits per heavy atom. The SMILES string of the molecule is BrCC1CC2CC1C1OC21. The van der Waals surface area contributed by atoms with Crippen LogP contribution in [0.1, 0.15) is 12.8 Å². The molecule has 10 heavy (non-hydrogen) atoms. The van der Waals surface area contributed by atoms with Crippen molar-refractivity contribution in [1.82, 2.24) is 0 Å². The van der Waals surface area contributed by atoms with E-state index in [0.29, 0.717) is 12.2 Å². The van der Waals surface area contributed by atoms with Gasteiger partial charge in [-0.1, -0.05) is 15.9 Å². The smallest absolute Gasteiger partial charge is 0.0875 e. The third-order valence-electron chi connectivity index (χ3n) is 3.43. The summed E-state index contributed by atoms with van der Waals surface area (Å²) in [6, 6.07) is 0. The molecule has 3 fully saturated rings. The van der Waals surface area contributed by atoms with Crippen LogP contribution in [0.25, 0.3) is 0 Å². The fourth-order valence-electron chi connectivity index (χ4n) is 2.91. The lowest BCUT2D eigenvalue weighted by molar-refractivity contribution is 0.255. The quantitative estimate of drug-likeness (QED) is 0.467. The van der Waals surface area contributed by atoms with Gasteiger partial charge in [-0.3, -0.25) is 0 Å². The van der Waals surface area contributed by atoms with Gasteiger partial charge in [-0.2, -0.15) is 0 Å². The third-order valence-corrected chi connectivity index (χ3v) is 4.26. The minimum atomic E-state index is 0.696. The van der Waals surface area contributed by atoms with Crippen LogP contribution >= 0.6 is 15.9 Å². The van der Waals surface area contributed by atoms with Gasteiger partial charge in [-0.25, -0.2) is 0 Å². The molecule has 2 saturated carbocycles. The van der Waals surface area contributed by atoms with E-state index in [0.717, 1.165) is 17.8 Å². The van der Waals surface area contributed by atoms with E-state index in [2.05, 4.69) is 15.9 Å². The number of alkyl halides is 1. The summed E-state index contributed by atoms with van der Waals surface area (Å²) in [5.41, 5.74) is 0. The van der Waals surface area contributed by atoms with Crippen LogP contribution in [-0.2, 0) is 4.74 Å². The van der Waals surface area contributed by atoms with Crippen LogP contribution in [-0.4, -0.2) is 17.5 Å². The van der Waals surface area contributed by atoms with E-state index in [1.807, 2.05) is 0 Å². The maximum atomic E-state index is 5.55. The minimum absolute atomic E-state index is 0.696. The number of hydrogen-bond donors (Lipinski definition) is 0. The minimum Gasteiger partial charge on any atom is -0.369 e. The second-order valence-electron chi connectivity index (χ2n) is 3.88. The van der Waals surface area contributed by atoms with Crippen molar-refractivity contribution in [3.63, 3.8) is 0 Å². The summed E-state index contributed by atoms with van der Waals surface area (Å²) in [7, 11) is 0. The van der Waals surface area contributed by atoms with Crippen molar-refractivity contribution >= 4 is 15.9 Å². The summed E-state index contributed by atoms with van der Waals surface area (Å²) in [6.45, 7) is 0. The van der Waals surface area contributed by atoms with Crippen LogP contribution in [0, 0.1) is 17.8 Å². The first-order valence-electron chi connectivity index (χ1n) is 4.11. The molecule has 56 valence electrons. The summed E-state index contributed by atoms with van der Waals surface area (Å²) >= 11 is 3.57. The second-order valence-corrected chi connectivity index (χ2v) is 4.52. The number of halogens is 1. The Bertz CT molecular complexity index is 171. The molecule has 1 saturated heterocycles. The third kappa shape index (κ3) is 0.578. The molecule has 1 heterocycles. The van der Waals surface area contributed by atoms with Crippen molar-refractivity contribution in [2.24, 2.45) is 17.8 Å². The molecule has 0 amide bonds. The zero-order valence-electron chi connectivity index (χ0n) is 5.79. The normalized spacial score (nSPS) is 62.7. The number of hydrogen-bond acceptors (Lipinski definition) is 1. The lowest BCUT2D eigenvalue weighted by Crippen LogP contribution is -2.18. The first-order chi connectivity index (χ1) is 4.90. The lowest BCUT2D eigenvalue weighted by Gasteiger charge is -2.15. The van der Waals surface area contributed by atoms with Crippen LogP contribution < -0.4 is 0 Å². The Morgan fingerprint density at radius 2 is 2.20 bits per heavy atom. The van der Waals surface area contributed by atoms with Gasteiger partial charge in [-0.15, -0.1) is 0 Å². The molecule has 0 spiro atoms. The highest BCUT2D eigenvalue weighted by Crippen LogP contribution is 2.58. The van der Waals surface area contributed by atoms with Crippen LogP contribution in [0.15, 0.2) is 0 Å². The standard InChI is InChI=1S/C8H11BrO/c9-3-5-1-4-2-6(5)8-7(4)10-8/h4-8H,1-3H2. The second kappa shape index (κ2) is 1.78. The van der Waals surface area contributed by atoms with E-state index >= 15 is 0 Å². The van der Waals surface area contributed by atoms with Crippen LogP contribution in [0.4, 0.5) is 0 Å². The van der Waals surface area contributed by atoms with E-state index < -0.39 is 0 Å². The van der Waals surface area contributed by atoms with Gasteiger partial charge in [0.05, 0.1) is 12.2 Å². The highest BCUT2D eigenvalue weighted by molar-refractivity contribution is 9.09. The largest absolute Gasteiger partial charge is 0.369 e. The topological polar surface area (TPSA) is 12.5 Å². The van der Waals surface area contributed by atoms with E-state index in [1.165, 1.54) is 18.2 Å². The summed E-state index contributed by atoms with van der Waals surface area (Å²) in [6.07, 6.45) is 4.30. The van der Waals surface area contributed by atoms with E-state index in [1.54, 1.807) is 0 Å². The van der Waals surface area contributed by atoms with Crippen molar-refractivity contribution in [1.29, 1.82) is 0 Å². The van der Waals surface area contributed by atoms with E-state index in [4.69, 9.17) is 4.74 Å². The highest BCUT2D eigenvalue weighted by Gasteiger charge is 2.62. The molecule has 2 heteroatoms. The molecule has 1 nitrogen and oxygen atoms in total. The Balaban J connectivity index is 1.85. The fraction of sp³-hybridized carbons (Fsp3) is 1.00.